The molecule has 7 heteroatoms. The monoisotopic (exact) mass is 337 g/mol. The second-order valence-electron chi connectivity index (χ2n) is 6.48. The summed E-state index contributed by atoms with van der Waals surface area (Å²) in [6, 6.07) is 9.96. The molecule has 0 bridgehead atoms. The zero-order valence-electron chi connectivity index (χ0n) is 13.9. The van der Waals surface area contributed by atoms with E-state index in [0.717, 1.165) is 18.4 Å². The van der Waals surface area contributed by atoms with Gasteiger partial charge in [0.25, 0.3) is 5.56 Å². The van der Waals surface area contributed by atoms with Gasteiger partial charge in [0, 0.05) is 7.05 Å². The van der Waals surface area contributed by atoms with Crippen LogP contribution in [0.25, 0.3) is 11.0 Å². The van der Waals surface area contributed by atoms with Crippen molar-refractivity contribution in [2.45, 2.75) is 25.4 Å². The predicted molar refractivity (Wildman–Crippen MR) is 92.8 cm³/mol. The summed E-state index contributed by atoms with van der Waals surface area (Å²) in [6.07, 6.45) is 5.11. The number of fused-ring (bicyclic) bond motifs is 1. The molecule has 4 rings (SSSR count). The first-order valence-corrected chi connectivity index (χ1v) is 8.35. The van der Waals surface area contributed by atoms with Crippen molar-refractivity contribution in [3.8, 4) is 0 Å². The van der Waals surface area contributed by atoms with Gasteiger partial charge < -0.3 is 5.32 Å². The van der Waals surface area contributed by atoms with Gasteiger partial charge in [0.1, 0.15) is 18.3 Å². The Labute approximate surface area is 144 Å². The molecule has 1 N–H and O–H groups in total. The van der Waals surface area contributed by atoms with Crippen molar-refractivity contribution in [2.24, 2.45) is 13.0 Å². The van der Waals surface area contributed by atoms with Gasteiger partial charge in [-0.1, -0.05) is 30.3 Å². The number of hydrogen-bond donors (Lipinski definition) is 1. The summed E-state index contributed by atoms with van der Waals surface area (Å²) in [5.74, 6) is 0.287. The molecule has 0 spiro atoms. The largest absolute Gasteiger partial charge is 0.347 e. The molecule has 128 valence electrons. The minimum Gasteiger partial charge on any atom is -0.347 e. The zero-order valence-corrected chi connectivity index (χ0v) is 13.9. The minimum atomic E-state index is -0.254. The number of carbonyl (C=O) groups excluding carboxylic acids is 1. The first kappa shape index (κ1) is 15.6. The van der Waals surface area contributed by atoms with Crippen LogP contribution in [0.1, 0.15) is 24.4 Å². The topological polar surface area (TPSA) is 81.8 Å². The Morgan fingerprint density at radius 1 is 1.32 bits per heavy atom. The standard InChI is InChI=1S/C18H19N5O2/c1-22-17-14(9-20-22)18(25)23(11-19-17)10-15(24)21-16(13-7-8-13)12-5-3-2-4-6-12/h2-6,9,11,13,16H,7-8,10H2,1H3,(H,21,24). The molecule has 1 aliphatic carbocycles. The van der Waals surface area contributed by atoms with E-state index in [4.69, 9.17) is 0 Å². The van der Waals surface area contributed by atoms with Gasteiger partial charge in [-0.2, -0.15) is 5.10 Å². The van der Waals surface area contributed by atoms with Crippen LogP contribution in [0.2, 0.25) is 0 Å². The average molecular weight is 337 g/mol. The van der Waals surface area contributed by atoms with Crippen LogP contribution in [0.4, 0.5) is 0 Å². The lowest BCUT2D eigenvalue weighted by molar-refractivity contribution is -0.122. The van der Waals surface area contributed by atoms with Gasteiger partial charge in [0.05, 0.1) is 12.2 Å². The molecule has 0 aliphatic heterocycles. The molecule has 1 atom stereocenters. The van der Waals surface area contributed by atoms with Gasteiger partial charge in [-0.25, -0.2) is 4.98 Å². The van der Waals surface area contributed by atoms with E-state index in [2.05, 4.69) is 15.4 Å². The molecule has 1 aromatic carbocycles. The molecule has 1 fully saturated rings. The number of benzene rings is 1. The molecular formula is C18H19N5O2. The molecule has 1 saturated carbocycles. The van der Waals surface area contributed by atoms with Gasteiger partial charge in [-0.05, 0) is 24.3 Å². The Bertz CT molecular complexity index is 972. The van der Waals surface area contributed by atoms with E-state index in [1.165, 1.54) is 17.1 Å². The highest BCUT2D eigenvalue weighted by Gasteiger charge is 2.33. The highest BCUT2D eigenvalue weighted by Crippen LogP contribution is 2.40. The lowest BCUT2D eigenvalue weighted by atomic mass is 10.0. The molecule has 1 unspecified atom stereocenters. The Hall–Kier alpha value is -2.96. The first-order chi connectivity index (χ1) is 12.1. The van der Waals surface area contributed by atoms with Crippen molar-refractivity contribution in [2.75, 3.05) is 0 Å². The number of nitrogens with zero attached hydrogens (tertiary/aromatic N) is 4. The molecule has 1 amide bonds. The Balaban J connectivity index is 1.54. The van der Waals surface area contributed by atoms with Gasteiger partial charge in [0.2, 0.25) is 5.91 Å². The fourth-order valence-electron chi connectivity index (χ4n) is 3.12. The fourth-order valence-corrected chi connectivity index (χ4v) is 3.12. The van der Waals surface area contributed by atoms with Crippen LogP contribution in [0.5, 0.6) is 0 Å². The molecule has 2 heterocycles. The van der Waals surface area contributed by atoms with Crippen molar-refractivity contribution in [1.29, 1.82) is 0 Å². The second kappa shape index (κ2) is 6.16. The van der Waals surface area contributed by atoms with Crippen LogP contribution in [0, 0.1) is 5.92 Å². The normalized spacial score (nSPS) is 15.2. The molecule has 0 radical (unpaired) electrons. The molecule has 3 aromatic rings. The van der Waals surface area contributed by atoms with E-state index in [-0.39, 0.29) is 24.1 Å². The van der Waals surface area contributed by atoms with Crippen molar-refractivity contribution in [3.63, 3.8) is 0 Å². The smallest absolute Gasteiger partial charge is 0.264 e. The van der Waals surface area contributed by atoms with E-state index in [9.17, 15) is 9.59 Å². The first-order valence-electron chi connectivity index (χ1n) is 8.35. The number of nitrogens with one attached hydrogen (secondary N) is 1. The maximum absolute atomic E-state index is 12.5. The number of rotatable bonds is 5. The number of aryl methyl sites for hydroxylation is 1. The molecule has 1 aliphatic rings. The predicted octanol–water partition coefficient (Wildman–Crippen LogP) is 1.40. The Morgan fingerprint density at radius 2 is 2.08 bits per heavy atom. The zero-order chi connectivity index (χ0) is 17.4. The summed E-state index contributed by atoms with van der Waals surface area (Å²) in [7, 11) is 1.73. The summed E-state index contributed by atoms with van der Waals surface area (Å²) in [4.78, 5) is 29.2. The summed E-state index contributed by atoms with van der Waals surface area (Å²) in [6.45, 7) is -0.0489. The Kier molecular flexibility index (Phi) is 3.83. The second-order valence-corrected chi connectivity index (χ2v) is 6.48. The van der Waals surface area contributed by atoms with Crippen LogP contribution >= 0.6 is 0 Å². The van der Waals surface area contributed by atoms with Crippen molar-refractivity contribution in [3.05, 3.63) is 58.8 Å². The number of aromatic nitrogens is 4. The van der Waals surface area contributed by atoms with E-state index in [0.29, 0.717) is 17.0 Å². The van der Waals surface area contributed by atoms with E-state index >= 15 is 0 Å². The van der Waals surface area contributed by atoms with Crippen molar-refractivity contribution < 1.29 is 4.79 Å². The highest BCUT2D eigenvalue weighted by atomic mass is 16.2. The van der Waals surface area contributed by atoms with E-state index < -0.39 is 0 Å². The average Bonchev–Trinajstić information content (AvgIpc) is 3.39. The van der Waals surface area contributed by atoms with Crippen LogP contribution in [-0.2, 0) is 18.4 Å². The Morgan fingerprint density at radius 3 is 2.80 bits per heavy atom. The van der Waals surface area contributed by atoms with E-state index in [1.54, 1.807) is 11.7 Å². The summed E-state index contributed by atoms with van der Waals surface area (Å²) >= 11 is 0. The third-order valence-electron chi connectivity index (χ3n) is 4.60. The summed E-state index contributed by atoms with van der Waals surface area (Å²) < 4.78 is 2.87. The quantitative estimate of drug-likeness (QED) is 0.763. The molecule has 7 nitrogen and oxygen atoms in total. The van der Waals surface area contributed by atoms with Gasteiger partial charge >= 0.3 is 0 Å². The third-order valence-corrected chi connectivity index (χ3v) is 4.60. The maximum atomic E-state index is 12.5. The lowest BCUT2D eigenvalue weighted by Gasteiger charge is -2.19. The van der Waals surface area contributed by atoms with Crippen LogP contribution < -0.4 is 10.9 Å². The highest BCUT2D eigenvalue weighted by molar-refractivity contribution is 5.77. The number of hydrogen-bond acceptors (Lipinski definition) is 4. The summed E-state index contributed by atoms with van der Waals surface area (Å²) in [5.41, 5.74) is 1.37. The van der Waals surface area contributed by atoms with Gasteiger partial charge in [0.15, 0.2) is 5.65 Å². The third kappa shape index (κ3) is 3.05. The summed E-state index contributed by atoms with van der Waals surface area (Å²) in [5, 5.41) is 7.53. The van der Waals surface area contributed by atoms with Crippen molar-refractivity contribution in [1.82, 2.24) is 24.6 Å². The van der Waals surface area contributed by atoms with Crippen LogP contribution in [0.3, 0.4) is 0 Å². The molecular weight excluding hydrogens is 318 g/mol. The molecule has 0 saturated heterocycles. The number of amides is 1. The van der Waals surface area contributed by atoms with Crippen molar-refractivity contribution >= 4 is 16.9 Å². The molecule has 2 aromatic heterocycles. The lowest BCUT2D eigenvalue weighted by Crippen LogP contribution is -2.35. The molecule has 25 heavy (non-hydrogen) atoms. The maximum Gasteiger partial charge on any atom is 0.264 e. The van der Waals surface area contributed by atoms with Crippen LogP contribution in [-0.4, -0.2) is 25.2 Å². The van der Waals surface area contributed by atoms with E-state index in [1.807, 2.05) is 30.3 Å². The number of carbonyl (C=O) groups is 1. The van der Waals surface area contributed by atoms with Gasteiger partial charge in [-0.15, -0.1) is 0 Å². The minimum absolute atomic E-state index is 0.000478. The van der Waals surface area contributed by atoms with Gasteiger partial charge in [-0.3, -0.25) is 18.8 Å². The fraction of sp³-hybridized carbons (Fsp3) is 0.333. The van der Waals surface area contributed by atoms with Crippen LogP contribution in [0.15, 0.2) is 47.7 Å². The SMILES string of the molecule is Cn1ncc2c(=O)n(CC(=O)NC(c3ccccc3)C3CC3)cnc21.